The Labute approximate surface area is 195 Å². The van der Waals surface area contributed by atoms with Crippen LogP contribution in [-0.4, -0.2) is 27.0 Å². The molecule has 0 spiro atoms. The average molecular weight is 458 g/mol. The van der Waals surface area contributed by atoms with E-state index in [0.29, 0.717) is 27.3 Å². The maximum Gasteiger partial charge on any atom is 0.266 e. The number of carbonyl (C=O) groups excluding carboxylic acids is 2. The van der Waals surface area contributed by atoms with E-state index in [4.69, 9.17) is 4.98 Å². The SMILES string of the molecule is CC(=O)Nc1ccc(C(=O)CSc2nc3ccccc3c(=O)n2-c2ccc(C)cc2C)cc1. The predicted octanol–water partition coefficient (Wildman–Crippen LogP) is 4.94. The lowest BCUT2D eigenvalue weighted by Crippen LogP contribution is -2.23. The summed E-state index contributed by atoms with van der Waals surface area (Å²) in [6, 6.07) is 19.9. The minimum Gasteiger partial charge on any atom is -0.326 e. The van der Waals surface area contributed by atoms with Gasteiger partial charge in [0.2, 0.25) is 5.91 Å². The van der Waals surface area contributed by atoms with Gasteiger partial charge in [-0.25, -0.2) is 4.98 Å². The van der Waals surface area contributed by atoms with Crippen molar-refractivity contribution < 1.29 is 9.59 Å². The highest BCUT2D eigenvalue weighted by Crippen LogP contribution is 2.24. The molecule has 0 fully saturated rings. The van der Waals surface area contributed by atoms with Crippen LogP contribution in [0.25, 0.3) is 16.6 Å². The second kappa shape index (κ2) is 9.42. The molecule has 0 saturated carbocycles. The number of nitrogens with one attached hydrogen (secondary N) is 1. The third-order valence-corrected chi connectivity index (χ3v) is 6.14. The number of rotatable bonds is 6. The minimum atomic E-state index is -0.170. The van der Waals surface area contributed by atoms with Crippen molar-refractivity contribution in [2.24, 2.45) is 0 Å². The number of benzene rings is 3. The topological polar surface area (TPSA) is 81.1 Å². The molecule has 6 nitrogen and oxygen atoms in total. The molecule has 0 aliphatic heterocycles. The summed E-state index contributed by atoms with van der Waals surface area (Å²) >= 11 is 1.23. The van der Waals surface area contributed by atoms with Crippen molar-refractivity contribution in [1.29, 1.82) is 0 Å². The van der Waals surface area contributed by atoms with E-state index >= 15 is 0 Å². The second-order valence-corrected chi connectivity index (χ2v) is 8.75. The van der Waals surface area contributed by atoms with Crippen LogP contribution in [0, 0.1) is 13.8 Å². The van der Waals surface area contributed by atoms with Crippen LogP contribution in [0.1, 0.15) is 28.4 Å². The van der Waals surface area contributed by atoms with E-state index in [2.05, 4.69) is 5.32 Å². The fourth-order valence-corrected chi connectivity index (χ4v) is 4.53. The van der Waals surface area contributed by atoms with Gasteiger partial charge in [0.05, 0.1) is 22.3 Å². The van der Waals surface area contributed by atoms with Gasteiger partial charge in [0.15, 0.2) is 10.9 Å². The molecule has 1 amide bonds. The first-order valence-corrected chi connectivity index (χ1v) is 11.4. The third-order valence-electron chi connectivity index (χ3n) is 5.20. The van der Waals surface area contributed by atoms with Gasteiger partial charge in [-0.2, -0.15) is 0 Å². The van der Waals surface area contributed by atoms with Gasteiger partial charge in [0, 0.05) is 18.2 Å². The molecule has 166 valence electrons. The number of aryl methyl sites for hydroxylation is 2. The molecule has 1 N–H and O–H groups in total. The normalized spacial score (nSPS) is 10.9. The van der Waals surface area contributed by atoms with Crippen molar-refractivity contribution in [3.05, 3.63) is 93.8 Å². The zero-order valence-corrected chi connectivity index (χ0v) is 19.4. The molecule has 0 radical (unpaired) electrons. The highest BCUT2D eigenvalue weighted by atomic mass is 32.2. The van der Waals surface area contributed by atoms with Crippen molar-refractivity contribution in [3.8, 4) is 5.69 Å². The number of hydrogen-bond donors (Lipinski definition) is 1. The summed E-state index contributed by atoms with van der Waals surface area (Å²) in [7, 11) is 0. The molecule has 0 aliphatic rings. The van der Waals surface area contributed by atoms with Gasteiger partial charge in [-0.1, -0.05) is 41.6 Å². The first-order chi connectivity index (χ1) is 15.8. The number of para-hydroxylation sites is 1. The first kappa shape index (κ1) is 22.5. The Hall–Kier alpha value is -3.71. The molecular formula is C26H23N3O3S. The monoisotopic (exact) mass is 457 g/mol. The van der Waals surface area contributed by atoms with Crippen molar-refractivity contribution >= 4 is 40.0 Å². The molecule has 1 heterocycles. The lowest BCUT2D eigenvalue weighted by atomic mass is 10.1. The lowest BCUT2D eigenvalue weighted by Gasteiger charge is -2.15. The van der Waals surface area contributed by atoms with Gasteiger partial charge in [-0.3, -0.25) is 19.0 Å². The number of carbonyl (C=O) groups is 2. The fraction of sp³-hybridized carbons (Fsp3) is 0.154. The summed E-state index contributed by atoms with van der Waals surface area (Å²) in [6.45, 7) is 5.39. The van der Waals surface area contributed by atoms with Gasteiger partial charge in [0.25, 0.3) is 5.56 Å². The minimum absolute atomic E-state index is 0.0936. The number of Topliss-reactive ketones (excluding diaryl/α,β-unsaturated/α-hetero) is 1. The Kier molecular flexibility index (Phi) is 6.42. The van der Waals surface area contributed by atoms with Gasteiger partial charge < -0.3 is 5.32 Å². The number of fused-ring (bicyclic) bond motifs is 1. The number of thioether (sulfide) groups is 1. The maximum absolute atomic E-state index is 13.4. The largest absolute Gasteiger partial charge is 0.326 e. The Bertz CT molecular complexity index is 1430. The van der Waals surface area contributed by atoms with Crippen molar-refractivity contribution in [1.82, 2.24) is 9.55 Å². The maximum atomic E-state index is 13.4. The number of aromatic nitrogens is 2. The Morgan fingerprint density at radius 2 is 1.73 bits per heavy atom. The van der Waals surface area contributed by atoms with Gasteiger partial charge in [-0.05, 0) is 61.9 Å². The van der Waals surface area contributed by atoms with Crippen LogP contribution in [-0.2, 0) is 4.79 Å². The lowest BCUT2D eigenvalue weighted by molar-refractivity contribution is -0.114. The quantitative estimate of drug-likeness (QED) is 0.252. The van der Waals surface area contributed by atoms with Crippen LogP contribution in [0.3, 0.4) is 0 Å². The molecule has 3 aromatic carbocycles. The van der Waals surface area contributed by atoms with E-state index in [0.717, 1.165) is 16.8 Å². The van der Waals surface area contributed by atoms with Crippen molar-refractivity contribution in [2.45, 2.75) is 25.9 Å². The van der Waals surface area contributed by atoms with Gasteiger partial charge in [-0.15, -0.1) is 0 Å². The molecule has 4 rings (SSSR count). The van der Waals surface area contributed by atoms with Crippen LogP contribution in [0.2, 0.25) is 0 Å². The summed E-state index contributed by atoms with van der Waals surface area (Å²) in [6.07, 6.45) is 0. The molecule has 33 heavy (non-hydrogen) atoms. The van der Waals surface area contributed by atoms with E-state index in [1.165, 1.54) is 18.7 Å². The van der Waals surface area contributed by atoms with Crippen molar-refractivity contribution in [2.75, 3.05) is 11.1 Å². The molecule has 0 unspecified atom stereocenters. The Morgan fingerprint density at radius 3 is 2.42 bits per heavy atom. The molecule has 0 atom stereocenters. The Balaban J connectivity index is 1.69. The predicted molar refractivity (Wildman–Crippen MR) is 133 cm³/mol. The third kappa shape index (κ3) is 4.88. The highest BCUT2D eigenvalue weighted by Gasteiger charge is 2.17. The van der Waals surface area contributed by atoms with Crippen LogP contribution >= 0.6 is 11.8 Å². The first-order valence-electron chi connectivity index (χ1n) is 10.5. The second-order valence-electron chi connectivity index (χ2n) is 7.81. The number of anilines is 1. The van der Waals surface area contributed by atoms with Crippen molar-refractivity contribution in [3.63, 3.8) is 0 Å². The molecule has 7 heteroatoms. The number of nitrogens with zero attached hydrogens (tertiary/aromatic N) is 2. The zero-order valence-electron chi connectivity index (χ0n) is 18.6. The summed E-state index contributed by atoms with van der Waals surface area (Å²) in [5, 5.41) is 3.68. The summed E-state index contributed by atoms with van der Waals surface area (Å²) in [5.41, 5.74) is 4.39. The molecule has 0 bridgehead atoms. The van der Waals surface area contributed by atoms with Gasteiger partial charge in [0.1, 0.15) is 0 Å². The van der Waals surface area contributed by atoms with Crippen LogP contribution < -0.4 is 10.9 Å². The highest BCUT2D eigenvalue weighted by molar-refractivity contribution is 7.99. The van der Waals surface area contributed by atoms with Crippen LogP contribution in [0.15, 0.2) is 76.7 Å². The smallest absolute Gasteiger partial charge is 0.266 e. The van der Waals surface area contributed by atoms with Crippen LogP contribution in [0.5, 0.6) is 0 Å². The van der Waals surface area contributed by atoms with E-state index < -0.39 is 0 Å². The molecule has 0 aliphatic carbocycles. The zero-order chi connectivity index (χ0) is 23.5. The number of amides is 1. The Morgan fingerprint density at radius 1 is 1.00 bits per heavy atom. The molecular weight excluding hydrogens is 434 g/mol. The standard InChI is InChI=1S/C26H23N3O3S/c1-16-8-13-23(17(2)14-16)29-25(32)21-6-4-5-7-22(21)28-26(29)33-15-24(31)19-9-11-20(12-10-19)27-18(3)30/h4-14H,15H2,1-3H3,(H,27,30). The van der Waals surface area contributed by atoms with Gasteiger partial charge >= 0.3 is 0 Å². The summed E-state index contributed by atoms with van der Waals surface area (Å²) in [5.74, 6) is -0.143. The van der Waals surface area contributed by atoms with E-state index in [1.807, 2.05) is 44.2 Å². The van der Waals surface area contributed by atoms with E-state index in [-0.39, 0.29) is 23.0 Å². The summed E-state index contributed by atoms with van der Waals surface area (Å²) < 4.78 is 1.59. The molecule has 1 aromatic heterocycles. The van der Waals surface area contributed by atoms with E-state index in [1.54, 1.807) is 41.0 Å². The van der Waals surface area contributed by atoms with E-state index in [9.17, 15) is 14.4 Å². The number of hydrogen-bond acceptors (Lipinski definition) is 5. The average Bonchev–Trinajstić information content (AvgIpc) is 2.78. The van der Waals surface area contributed by atoms with Crippen LogP contribution in [0.4, 0.5) is 5.69 Å². The molecule has 4 aromatic rings. The summed E-state index contributed by atoms with van der Waals surface area (Å²) in [4.78, 5) is 42.2. The molecule has 0 saturated heterocycles. The fourth-order valence-electron chi connectivity index (χ4n) is 3.63. The number of ketones is 1.